The van der Waals surface area contributed by atoms with Gasteiger partial charge in [-0.2, -0.15) is 0 Å². The van der Waals surface area contributed by atoms with Gasteiger partial charge in [-0.1, -0.05) is 23.7 Å². The van der Waals surface area contributed by atoms with Crippen molar-refractivity contribution in [3.63, 3.8) is 0 Å². The van der Waals surface area contributed by atoms with E-state index in [1.54, 1.807) is 12.1 Å². The van der Waals surface area contributed by atoms with Crippen molar-refractivity contribution in [2.45, 2.75) is 19.3 Å². The van der Waals surface area contributed by atoms with Gasteiger partial charge in [0.05, 0.1) is 6.61 Å². The zero-order valence-corrected chi connectivity index (χ0v) is 18.6. The minimum Gasteiger partial charge on any atom is -0.484 e. The van der Waals surface area contributed by atoms with Crippen LogP contribution in [0.25, 0.3) is 0 Å². The largest absolute Gasteiger partial charge is 0.484 e. The normalized spacial score (nSPS) is 11.2. The number of ether oxygens (including phenoxy) is 1. The lowest BCUT2D eigenvalue weighted by molar-refractivity contribution is -0.123. The Balaban J connectivity index is 1.70. The molecule has 0 aliphatic carbocycles. The van der Waals surface area contributed by atoms with E-state index >= 15 is 0 Å². The van der Waals surface area contributed by atoms with Gasteiger partial charge in [-0.25, -0.2) is 9.97 Å². The molecule has 2 aromatic rings. The van der Waals surface area contributed by atoms with Crippen molar-refractivity contribution in [2.24, 2.45) is 10.7 Å². The van der Waals surface area contributed by atoms with E-state index in [2.05, 4.69) is 25.6 Å². The Morgan fingerprint density at radius 3 is 2.55 bits per heavy atom. The quantitative estimate of drug-likeness (QED) is 0.144. The van der Waals surface area contributed by atoms with E-state index in [0.717, 1.165) is 24.8 Å². The van der Waals surface area contributed by atoms with Gasteiger partial charge >= 0.3 is 0 Å². The Morgan fingerprint density at radius 2 is 1.85 bits per heavy atom. The highest BCUT2D eigenvalue weighted by Gasteiger charge is 2.16. The topological polar surface area (TPSA) is 204 Å². The van der Waals surface area contributed by atoms with Gasteiger partial charge in [-0.15, -0.1) is 0 Å². The second-order valence-electron chi connectivity index (χ2n) is 6.82. The fourth-order valence-corrected chi connectivity index (χ4v) is 2.74. The summed E-state index contributed by atoms with van der Waals surface area (Å²) in [5, 5.41) is 13.4. The Morgan fingerprint density at radius 1 is 1.12 bits per heavy atom. The van der Waals surface area contributed by atoms with Gasteiger partial charge in [-0.05, 0) is 37.0 Å². The van der Waals surface area contributed by atoms with Gasteiger partial charge in [0.15, 0.2) is 35.0 Å². The first-order chi connectivity index (χ1) is 15.8. The molecule has 9 N–H and O–H groups in total. The molecule has 0 saturated heterocycles. The molecule has 0 aliphatic heterocycles. The Hall–Kier alpha value is -3.64. The van der Waals surface area contributed by atoms with Crippen LogP contribution in [0.1, 0.15) is 28.9 Å². The zero-order valence-electron chi connectivity index (χ0n) is 17.9. The number of hydrogen-bond acceptors (Lipinski definition) is 9. The lowest BCUT2D eigenvalue weighted by Gasteiger charge is -2.08. The molecule has 12 nitrogen and oxygen atoms in total. The zero-order chi connectivity index (χ0) is 24.2. The molecule has 0 bridgehead atoms. The van der Waals surface area contributed by atoms with E-state index in [1.165, 1.54) is 0 Å². The molecule has 33 heavy (non-hydrogen) atoms. The van der Waals surface area contributed by atoms with Crippen LogP contribution in [0.15, 0.2) is 29.3 Å². The second-order valence-corrected chi connectivity index (χ2v) is 7.18. The summed E-state index contributed by atoms with van der Waals surface area (Å²) in [4.78, 5) is 35.3. The van der Waals surface area contributed by atoms with Crippen LogP contribution >= 0.6 is 11.6 Å². The minimum absolute atomic E-state index is 0.0707. The number of amides is 2. The number of aliphatic hydroxyl groups excluding tert-OH is 1. The fraction of sp³-hybridized carbons (Fsp3) is 0.350. The highest BCUT2D eigenvalue weighted by molar-refractivity contribution is 6.31. The molecule has 0 fully saturated rings. The van der Waals surface area contributed by atoms with Crippen LogP contribution in [0, 0.1) is 0 Å². The fourth-order valence-electron chi connectivity index (χ4n) is 2.61. The highest BCUT2D eigenvalue weighted by Crippen LogP contribution is 2.17. The maximum Gasteiger partial charge on any atom is 0.280 e. The molecule has 13 heteroatoms. The van der Waals surface area contributed by atoms with Crippen LogP contribution in [0.2, 0.25) is 5.15 Å². The lowest BCUT2D eigenvalue weighted by Crippen LogP contribution is -2.38. The number of guanidine groups is 1. The highest BCUT2D eigenvalue weighted by atomic mass is 35.5. The number of carbonyl (C=O) groups is 2. The number of nitrogens with one attached hydrogen (secondary N) is 2. The molecule has 0 atom stereocenters. The van der Waals surface area contributed by atoms with Crippen LogP contribution in [-0.2, 0) is 11.2 Å². The van der Waals surface area contributed by atoms with Crippen molar-refractivity contribution in [2.75, 3.05) is 37.8 Å². The summed E-state index contributed by atoms with van der Waals surface area (Å²) >= 11 is 5.76. The Labute approximate surface area is 195 Å². The average Bonchev–Trinajstić information content (AvgIpc) is 2.79. The van der Waals surface area contributed by atoms with Gasteiger partial charge in [-0.3, -0.25) is 19.9 Å². The van der Waals surface area contributed by atoms with Gasteiger partial charge in [0.1, 0.15) is 5.75 Å². The van der Waals surface area contributed by atoms with Crippen molar-refractivity contribution in [3.05, 3.63) is 40.7 Å². The molecule has 1 heterocycles. The number of nitrogen functional groups attached to an aromatic ring is 2. The second kappa shape index (κ2) is 13.0. The third-order valence-electron chi connectivity index (χ3n) is 4.24. The van der Waals surface area contributed by atoms with Gasteiger partial charge in [0.2, 0.25) is 0 Å². The predicted octanol–water partition coefficient (Wildman–Crippen LogP) is -0.151. The number of aryl methyl sites for hydroxylation is 1. The van der Waals surface area contributed by atoms with Crippen LogP contribution in [0.5, 0.6) is 5.75 Å². The third kappa shape index (κ3) is 8.79. The molecule has 2 amide bonds. The van der Waals surface area contributed by atoms with E-state index in [9.17, 15) is 9.59 Å². The number of halogens is 1. The molecule has 1 aromatic heterocycles. The number of aliphatic imine (C=N–C) groups is 1. The average molecular weight is 479 g/mol. The first-order valence-corrected chi connectivity index (χ1v) is 10.5. The van der Waals surface area contributed by atoms with Crippen LogP contribution in [0.3, 0.4) is 0 Å². The number of hydrogen-bond donors (Lipinski definition) is 6. The maximum absolute atomic E-state index is 12.2. The Bertz CT molecular complexity index is 985. The maximum atomic E-state index is 12.2. The van der Waals surface area contributed by atoms with E-state index in [4.69, 9.17) is 38.6 Å². The number of nitrogens with zero attached hydrogens (tertiary/aromatic N) is 3. The molecular weight excluding hydrogens is 452 g/mol. The number of aromatic nitrogens is 2. The monoisotopic (exact) mass is 478 g/mol. The Kier molecular flexibility index (Phi) is 10.1. The molecule has 2 rings (SSSR count). The van der Waals surface area contributed by atoms with E-state index in [-0.39, 0.29) is 54.1 Å². The van der Waals surface area contributed by atoms with Crippen LogP contribution in [0.4, 0.5) is 11.6 Å². The van der Waals surface area contributed by atoms with Crippen molar-refractivity contribution < 1.29 is 19.4 Å². The number of rotatable bonds is 11. The van der Waals surface area contributed by atoms with Gasteiger partial charge in [0, 0.05) is 13.1 Å². The number of anilines is 2. The standard InChI is InChI=1S/C20H27ClN8O4/c21-16-18(23)28-17(22)15(27-16)19(32)29-20(24)26-8-2-1-3-12-4-6-13(7-5-12)33-11-14(31)25-9-10-30/h4-7,30H,1-3,8-11H2,(H,25,31)(H4,22,23,28)(H3,24,26,29,32). The molecule has 0 unspecified atom stereocenters. The van der Waals surface area contributed by atoms with Crippen LogP contribution in [-0.4, -0.2) is 59.2 Å². The molecule has 0 saturated carbocycles. The number of carbonyl (C=O) groups excluding carboxylic acids is 2. The van der Waals surface area contributed by atoms with Crippen molar-refractivity contribution in [1.82, 2.24) is 20.6 Å². The van der Waals surface area contributed by atoms with E-state index in [1.807, 2.05) is 12.1 Å². The van der Waals surface area contributed by atoms with Crippen molar-refractivity contribution >= 4 is 41.0 Å². The summed E-state index contributed by atoms with van der Waals surface area (Å²) in [6.07, 6.45) is 2.41. The summed E-state index contributed by atoms with van der Waals surface area (Å²) in [7, 11) is 0. The first kappa shape index (κ1) is 25.6. The number of nitrogens with two attached hydrogens (primary N) is 3. The van der Waals surface area contributed by atoms with Crippen LogP contribution < -0.4 is 32.6 Å². The SMILES string of the molecule is NC(=NCCCCc1ccc(OCC(=O)NCCO)cc1)NC(=O)c1nc(Cl)c(N)nc1N. The van der Waals surface area contributed by atoms with E-state index in [0.29, 0.717) is 12.3 Å². The molecular formula is C20H27ClN8O4. The minimum atomic E-state index is -0.684. The molecule has 0 aliphatic rings. The summed E-state index contributed by atoms with van der Waals surface area (Å²) in [6.45, 7) is 0.389. The summed E-state index contributed by atoms with van der Waals surface area (Å²) < 4.78 is 5.38. The summed E-state index contributed by atoms with van der Waals surface area (Å²) in [5.74, 6) is -0.703. The number of aliphatic hydroxyl groups is 1. The lowest BCUT2D eigenvalue weighted by atomic mass is 10.1. The van der Waals surface area contributed by atoms with Crippen molar-refractivity contribution in [1.29, 1.82) is 0 Å². The third-order valence-corrected chi connectivity index (χ3v) is 4.52. The summed E-state index contributed by atoms with van der Waals surface area (Å²) in [6, 6.07) is 7.42. The van der Waals surface area contributed by atoms with E-state index < -0.39 is 5.91 Å². The molecule has 0 spiro atoms. The van der Waals surface area contributed by atoms with Gasteiger partial charge < -0.3 is 32.4 Å². The smallest absolute Gasteiger partial charge is 0.280 e. The molecule has 0 radical (unpaired) electrons. The predicted molar refractivity (Wildman–Crippen MR) is 125 cm³/mol. The van der Waals surface area contributed by atoms with Crippen molar-refractivity contribution in [3.8, 4) is 5.75 Å². The molecule has 178 valence electrons. The number of unbranched alkanes of at least 4 members (excludes halogenated alkanes) is 1. The number of benzene rings is 1. The summed E-state index contributed by atoms with van der Waals surface area (Å²) in [5.41, 5.74) is 17.8. The molecule has 1 aromatic carbocycles. The first-order valence-electron chi connectivity index (χ1n) is 10.1. The van der Waals surface area contributed by atoms with Gasteiger partial charge in [0.25, 0.3) is 11.8 Å².